The molecule has 3 aromatic rings. The predicted octanol–water partition coefficient (Wildman–Crippen LogP) is 5.16. The molecule has 1 unspecified atom stereocenters. The van der Waals surface area contributed by atoms with Crippen LogP contribution in [0.2, 0.25) is 0 Å². The average Bonchev–Trinajstić information content (AvgIpc) is 3.36. The van der Waals surface area contributed by atoms with Gasteiger partial charge in [0.05, 0.1) is 12.2 Å². The van der Waals surface area contributed by atoms with Crippen LogP contribution in [0.5, 0.6) is 5.75 Å². The minimum Gasteiger partial charge on any atom is -0.507 e. The molecule has 1 saturated heterocycles. The molecule has 1 fully saturated rings. The monoisotopic (exact) mass is 443 g/mol. The summed E-state index contributed by atoms with van der Waals surface area (Å²) in [6.07, 6.45) is 1.72. The third kappa shape index (κ3) is 3.42. The fourth-order valence-corrected chi connectivity index (χ4v) is 4.61. The summed E-state index contributed by atoms with van der Waals surface area (Å²) in [5, 5.41) is 11.3. The topological polar surface area (TPSA) is 80.0 Å². The van der Waals surface area contributed by atoms with E-state index in [0.29, 0.717) is 29.4 Å². The zero-order valence-electron chi connectivity index (χ0n) is 18.8. The first kappa shape index (κ1) is 21.1. The number of aliphatic hydroxyl groups is 1. The third-order valence-corrected chi connectivity index (χ3v) is 6.49. The van der Waals surface area contributed by atoms with Gasteiger partial charge < -0.3 is 14.3 Å². The number of anilines is 1. The van der Waals surface area contributed by atoms with Crippen molar-refractivity contribution in [3.8, 4) is 5.75 Å². The number of hydrogen-bond acceptors (Lipinski definition) is 5. The molecule has 6 heteroatoms. The van der Waals surface area contributed by atoms with Crippen molar-refractivity contribution >= 4 is 23.1 Å². The molecule has 1 aromatic heterocycles. The van der Waals surface area contributed by atoms with Gasteiger partial charge in [0.25, 0.3) is 11.7 Å². The summed E-state index contributed by atoms with van der Waals surface area (Å²) >= 11 is 0. The first-order valence-corrected chi connectivity index (χ1v) is 11.1. The van der Waals surface area contributed by atoms with Crippen molar-refractivity contribution in [3.05, 3.63) is 87.9 Å². The Labute approximate surface area is 192 Å². The van der Waals surface area contributed by atoms with Crippen LogP contribution in [0.1, 0.15) is 46.2 Å². The number of furan rings is 1. The number of fused-ring (bicyclic) bond motifs is 1. The lowest BCUT2D eigenvalue weighted by molar-refractivity contribution is -0.132. The number of carbonyl (C=O) groups is 2. The molecule has 3 heterocycles. The molecule has 0 radical (unpaired) electrons. The smallest absolute Gasteiger partial charge is 0.300 e. The number of carbonyl (C=O) groups excluding carboxylic acids is 2. The van der Waals surface area contributed by atoms with Crippen LogP contribution in [0.25, 0.3) is 5.76 Å². The van der Waals surface area contributed by atoms with Gasteiger partial charge in [0.15, 0.2) is 0 Å². The quantitative estimate of drug-likeness (QED) is 0.344. The van der Waals surface area contributed by atoms with Gasteiger partial charge in [0, 0.05) is 11.3 Å². The predicted molar refractivity (Wildman–Crippen MR) is 124 cm³/mol. The van der Waals surface area contributed by atoms with E-state index in [1.165, 1.54) is 4.90 Å². The van der Waals surface area contributed by atoms with Crippen LogP contribution >= 0.6 is 0 Å². The molecule has 0 bridgehead atoms. The Morgan fingerprint density at radius 2 is 1.88 bits per heavy atom. The molecule has 5 rings (SSSR count). The van der Waals surface area contributed by atoms with Crippen LogP contribution in [0.15, 0.2) is 58.5 Å². The lowest BCUT2D eigenvalue weighted by atomic mass is 9.96. The Balaban J connectivity index is 1.71. The zero-order chi connectivity index (χ0) is 23.3. The van der Waals surface area contributed by atoms with Gasteiger partial charge in [-0.2, -0.15) is 0 Å². The molecule has 1 atom stereocenters. The molecule has 2 aliphatic heterocycles. The van der Waals surface area contributed by atoms with Crippen LogP contribution < -0.4 is 9.64 Å². The van der Waals surface area contributed by atoms with Gasteiger partial charge in [-0.3, -0.25) is 14.5 Å². The zero-order valence-corrected chi connectivity index (χ0v) is 18.8. The van der Waals surface area contributed by atoms with E-state index in [0.717, 1.165) is 35.3 Å². The molecule has 0 spiro atoms. The summed E-state index contributed by atoms with van der Waals surface area (Å²) in [4.78, 5) is 28.1. The lowest BCUT2D eigenvalue weighted by Crippen LogP contribution is -2.30. The Morgan fingerprint density at radius 3 is 2.64 bits per heavy atom. The van der Waals surface area contributed by atoms with Crippen LogP contribution in [-0.2, 0) is 16.0 Å². The molecule has 1 amide bonds. The highest BCUT2D eigenvalue weighted by Crippen LogP contribution is 2.44. The molecule has 6 nitrogen and oxygen atoms in total. The summed E-state index contributed by atoms with van der Waals surface area (Å²) < 4.78 is 11.6. The number of ether oxygens (including phenoxy) is 1. The minimum atomic E-state index is -0.869. The molecule has 0 aliphatic carbocycles. The standard InChI is InChI=1S/C27H25NO5/c1-15-6-4-8-20(17(15)3)28-24(22-11-9-16(2)33-22)23(26(30)27(28)31)25(29)19-10-12-21-18(14-19)7-5-13-32-21/h4,6,8-12,14,24,29H,5,7,13H2,1-3H3/b25-23-. The van der Waals surface area contributed by atoms with E-state index in [2.05, 4.69) is 0 Å². The van der Waals surface area contributed by atoms with Gasteiger partial charge in [-0.15, -0.1) is 0 Å². The molecular weight excluding hydrogens is 418 g/mol. The first-order chi connectivity index (χ1) is 15.9. The average molecular weight is 443 g/mol. The largest absolute Gasteiger partial charge is 0.507 e. The van der Waals surface area contributed by atoms with Gasteiger partial charge in [-0.1, -0.05) is 12.1 Å². The third-order valence-electron chi connectivity index (χ3n) is 6.49. The Bertz CT molecular complexity index is 1320. The number of aryl methyl sites for hydroxylation is 3. The van der Waals surface area contributed by atoms with E-state index in [1.807, 2.05) is 38.1 Å². The molecule has 1 N–H and O–H groups in total. The van der Waals surface area contributed by atoms with Crippen molar-refractivity contribution in [1.29, 1.82) is 0 Å². The van der Waals surface area contributed by atoms with E-state index in [9.17, 15) is 14.7 Å². The summed E-state index contributed by atoms with van der Waals surface area (Å²) in [6, 6.07) is 13.6. The summed E-state index contributed by atoms with van der Waals surface area (Å²) in [5.41, 5.74) is 3.98. The van der Waals surface area contributed by atoms with Gasteiger partial charge in [0.2, 0.25) is 0 Å². The van der Waals surface area contributed by atoms with Crippen molar-refractivity contribution in [2.45, 2.75) is 39.7 Å². The Kier molecular flexibility index (Phi) is 5.08. The van der Waals surface area contributed by atoms with E-state index in [1.54, 1.807) is 31.2 Å². The molecule has 33 heavy (non-hydrogen) atoms. The highest BCUT2D eigenvalue weighted by molar-refractivity contribution is 6.51. The number of hydrogen-bond donors (Lipinski definition) is 1. The Morgan fingerprint density at radius 1 is 1.06 bits per heavy atom. The van der Waals surface area contributed by atoms with Crippen LogP contribution in [0.3, 0.4) is 0 Å². The van der Waals surface area contributed by atoms with E-state index < -0.39 is 17.7 Å². The summed E-state index contributed by atoms with van der Waals surface area (Å²) in [5.74, 6) is 0.227. The molecular formula is C27H25NO5. The maximum Gasteiger partial charge on any atom is 0.300 e. The number of amides is 1. The summed E-state index contributed by atoms with van der Waals surface area (Å²) in [7, 11) is 0. The first-order valence-electron chi connectivity index (χ1n) is 11.1. The van der Waals surface area contributed by atoms with Crippen molar-refractivity contribution < 1.29 is 23.8 Å². The van der Waals surface area contributed by atoms with Crippen LogP contribution in [0.4, 0.5) is 5.69 Å². The van der Waals surface area contributed by atoms with Crippen LogP contribution in [-0.4, -0.2) is 23.4 Å². The van der Waals surface area contributed by atoms with E-state index in [-0.39, 0.29) is 11.3 Å². The van der Waals surface area contributed by atoms with Crippen molar-refractivity contribution in [1.82, 2.24) is 0 Å². The second kappa shape index (κ2) is 7.96. The number of nitrogens with zero attached hydrogens (tertiary/aromatic N) is 1. The molecule has 168 valence electrons. The minimum absolute atomic E-state index is 0.0203. The van der Waals surface area contributed by atoms with Gasteiger partial charge in [-0.25, -0.2) is 0 Å². The van der Waals surface area contributed by atoms with Gasteiger partial charge >= 0.3 is 0 Å². The van der Waals surface area contributed by atoms with Gasteiger partial charge in [-0.05, 0) is 86.7 Å². The highest BCUT2D eigenvalue weighted by atomic mass is 16.5. The lowest BCUT2D eigenvalue weighted by Gasteiger charge is -2.25. The second-order valence-electron chi connectivity index (χ2n) is 8.61. The van der Waals surface area contributed by atoms with Crippen LogP contribution in [0, 0.1) is 20.8 Å². The van der Waals surface area contributed by atoms with E-state index >= 15 is 0 Å². The Hall–Kier alpha value is -3.80. The number of ketones is 1. The normalized spacial score (nSPS) is 19.5. The fraction of sp³-hybridized carbons (Fsp3) is 0.259. The molecule has 2 aliphatic rings. The maximum atomic E-state index is 13.3. The molecule has 2 aromatic carbocycles. The van der Waals surface area contributed by atoms with Gasteiger partial charge in [0.1, 0.15) is 29.1 Å². The van der Waals surface area contributed by atoms with Crippen molar-refractivity contribution in [2.75, 3.05) is 11.5 Å². The fourth-order valence-electron chi connectivity index (χ4n) is 4.61. The number of Topliss-reactive ketones (excluding diaryl/α,β-unsaturated/α-hetero) is 1. The van der Waals surface area contributed by atoms with E-state index in [4.69, 9.17) is 9.15 Å². The second-order valence-corrected chi connectivity index (χ2v) is 8.61. The highest BCUT2D eigenvalue weighted by Gasteiger charge is 2.48. The number of benzene rings is 2. The number of aliphatic hydroxyl groups excluding tert-OH is 1. The SMILES string of the molecule is Cc1ccc(C2/C(=C(/O)c3ccc4c(c3)CCCO4)C(=O)C(=O)N2c2cccc(C)c2C)o1. The summed E-state index contributed by atoms with van der Waals surface area (Å²) in [6.45, 7) is 6.34. The van der Waals surface area contributed by atoms with Crippen molar-refractivity contribution in [3.63, 3.8) is 0 Å². The maximum absolute atomic E-state index is 13.3. The molecule has 0 saturated carbocycles. The number of rotatable bonds is 3. The van der Waals surface area contributed by atoms with Crippen molar-refractivity contribution in [2.24, 2.45) is 0 Å².